The maximum Gasteiger partial charge on any atom is 0.187 e. The Bertz CT molecular complexity index is 1530. The van der Waals surface area contributed by atoms with Crippen molar-refractivity contribution in [2.45, 2.75) is 184 Å². The molecule has 6 aliphatic rings. The van der Waals surface area contributed by atoms with E-state index in [1.807, 2.05) is 0 Å². The Labute approximate surface area is 417 Å². The molecule has 6 fully saturated rings. The van der Waals surface area contributed by atoms with Crippen molar-refractivity contribution in [1.29, 1.82) is 0 Å². The van der Waals surface area contributed by atoms with Crippen LogP contribution in [0.5, 0.6) is 0 Å². The molecule has 0 aromatic heterocycles. The molecule has 31 heteroatoms. The molecule has 401 valence electrons. The van der Waals surface area contributed by atoms with Gasteiger partial charge in [-0.1, -0.05) is 0 Å². The van der Waals surface area contributed by atoms with Gasteiger partial charge in [0.1, 0.15) is 140 Å². The summed E-state index contributed by atoms with van der Waals surface area (Å²) in [5.74, 6) is 0. The zero-order chi connectivity index (χ0) is 50.0. The zero-order valence-electron chi connectivity index (χ0n) is 36.8. The van der Waals surface area contributed by atoms with Gasteiger partial charge in [0.25, 0.3) is 0 Å². The van der Waals surface area contributed by atoms with Crippen LogP contribution in [0.3, 0.4) is 0 Å². The van der Waals surface area contributed by atoms with Crippen molar-refractivity contribution in [3.05, 3.63) is 6.92 Å². The van der Waals surface area contributed by atoms with E-state index in [1.54, 1.807) is 0 Å². The van der Waals surface area contributed by atoms with Crippen LogP contribution < -0.4 is 0 Å². The Balaban J connectivity index is 0.00000888. The second kappa shape index (κ2) is 26.1. The van der Waals surface area contributed by atoms with E-state index in [0.717, 1.165) is 0 Å². The molecule has 0 aromatic carbocycles. The van der Waals surface area contributed by atoms with Crippen LogP contribution in [-0.4, -0.2) is 323 Å². The molecule has 18 N–H and O–H groups in total. The molecule has 1 radical (unpaired) electrons. The molecule has 0 bridgehead atoms. The Morgan fingerprint density at radius 3 is 0.957 bits per heavy atom. The summed E-state index contributed by atoms with van der Waals surface area (Å²) in [4.78, 5) is 0. The third kappa shape index (κ3) is 12.8. The molecule has 0 spiro atoms. The first-order valence-electron chi connectivity index (χ1n) is 21.7. The predicted molar refractivity (Wildman–Crippen MR) is 207 cm³/mol. The fourth-order valence-electron chi connectivity index (χ4n) is 8.66. The summed E-state index contributed by atoms with van der Waals surface area (Å²) in [6.07, 6.45) is -53.2. The first-order valence-corrected chi connectivity index (χ1v) is 21.7. The van der Waals surface area contributed by atoms with Gasteiger partial charge in [-0.25, -0.2) is 0 Å². The van der Waals surface area contributed by atoms with Gasteiger partial charge in [-0.15, -0.1) is 0 Å². The summed E-state index contributed by atoms with van der Waals surface area (Å²) < 4.78 is 66.3. The summed E-state index contributed by atoms with van der Waals surface area (Å²) in [6, 6.07) is 0. The number of hydrogen-bond acceptors (Lipinski definition) is 30. The van der Waals surface area contributed by atoms with Gasteiger partial charge < -0.3 is 156 Å². The fraction of sp³-hybridized carbons (Fsp3) is 0.974. The first kappa shape index (κ1) is 59.8. The Hall–Kier alpha value is -0.0961. The van der Waals surface area contributed by atoms with Gasteiger partial charge in [0, 0.05) is 39.8 Å². The molecule has 6 rings (SSSR count). The molecule has 30 atom stereocenters. The number of aliphatic hydroxyl groups excluding tert-OH is 18. The van der Waals surface area contributed by atoms with Crippen LogP contribution in [0.1, 0.15) is 0 Å². The fourth-order valence-corrected chi connectivity index (χ4v) is 8.66. The minimum Gasteiger partial charge on any atom is -0.399 e. The molecule has 69 heavy (non-hydrogen) atoms. The second-order valence-electron chi connectivity index (χ2n) is 17.2. The van der Waals surface area contributed by atoms with Crippen molar-refractivity contribution in [2.75, 3.05) is 46.8 Å². The maximum absolute atomic E-state index is 11.2. The minimum absolute atomic E-state index is 0. The third-order valence-electron chi connectivity index (χ3n) is 12.7. The third-order valence-corrected chi connectivity index (χ3v) is 12.7. The molecule has 13 unspecified atom stereocenters. The smallest absolute Gasteiger partial charge is 0.187 e. The topological polar surface area (TPSA) is 475 Å². The summed E-state index contributed by atoms with van der Waals surface area (Å²) in [6.45, 7) is -1.12. The van der Waals surface area contributed by atoms with E-state index in [2.05, 4.69) is 6.92 Å². The molecule has 0 aliphatic carbocycles. The molecule has 0 amide bonds. The Morgan fingerprint density at radius 1 is 0.333 bits per heavy atom. The van der Waals surface area contributed by atoms with E-state index in [1.165, 1.54) is 7.11 Å². The molecule has 0 aromatic rings. The zero-order valence-corrected chi connectivity index (χ0v) is 39.6. The monoisotopic (exact) mass is 1090 g/mol. The standard InChI is InChI=1S/C38H65O30.Y/c1-9-16(43)21(48)30(10(3-39)59-9)65-37-28(55)23(50)33(13(6-42)61-37)67-36-26(53)20(47)18(45)15(64-36)8-58-34-27(54)22(49)31(11(4-40)60-34)68-38-29(56)24(51)32(12(5-41)62-38)66-35-25(52)19(46)17(44)14(63-35)7-57-2;/h9-56H,1,3-8H2,2H3;/q-1;/t9?,10?,11?,12?,13?,14?,15?,16?,17-,18-,19+,20+,21-,22-,23-,24-,25?,26?,27?,28?,29?,30-,31-,32-,33-,34+,35-,36-,37-,38-;/m1./s1. The number of aliphatic hydroxyl groups is 18. The van der Waals surface area contributed by atoms with Crippen molar-refractivity contribution in [1.82, 2.24) is 0 Å². The normalized spacial score (nSPS) is 52.0. The SMILES string of the molecule is [CH2-]C1OC(CO)[C@@H](O[C@H]2OC(CO)[C@@H](O[C@H]3OC(CO[C@H]4OC(CO)[C@@H](O[C@H]5OC(CO)[C@@H](O[C@H]6OC(COC)[C@@H](O)[C@H](O)C6O)[C@H](O)C5O)[C@H](O)C4O)[C@@H](O)[C@H](O)C3O)[C@H](O)C2O)[C@H](O)C1O.[Y]. The molecular weight excluding hydrogens is 1030 g/mol. The van der Waals surface area contributed by atoms with E-state index in [9.17, 15) is 91.9 Å². The van der Waals surface area contributed by atoms with Crippen LogP contribution in [-0.2, 0) is 89.6 Å². The molecular formula is C38H65O30Y-. The summed E-state index contributed by atoms with van der Waals surface area (Å²) in [5, 5.41) is 191. The van der Waals surface area contributed by atoms with Crippen LogP contribution in [0.4, 0.5) is 0 Å². The number of hydrogen-bond donors (Lipinski definition) is 18. The van der Waals surface area contributed by atoms with E-state index < -0.39 is 217 Å². The van der Waals surface area contributed by atoms with Crippen molar-refractivity contribution in [3.8, 4) is 0 Å². The average molecular weight is 1090 g/mol. The van der Waals surface area contributed by atoms with Crippen LogP contribution in [0, 0.1) is 6.92 Å². The van der Waals surface area contributed by atoms with E-state index in [-0.39, 0.29) is 39.3 Å². The van der Waals surface area contributed by atoms with E-state index >= 15 is 0 Å². The second-order valence-corrected chi connectivity index (χ2v) is 17.2. The van der Waals surface area contributed by atoms with Gasteiger partial charge in [-0.3, -0.25) is 0 Å². The van der Waals surface area contributed by atoms with Crippen molar-refractivity contribution < 1.29 is 181 Å². The number of methoxy groups -OCH3 is 1. The summed E-state index contributed by atoms with van der Waals surface area (Å²) in [7, 11) is 1.27. The average Bonchev–Trinajstić information content (AvgIpc) is 3.32. The quantitative estimate of drug-likeness (QED) is 0.0601. The van der Waals surface area contributed by atoms with Crippen molar-refractivity contribution in [2.24, 2.45) is 0 Å². The van der Waals surface area contributed by atoms with Crippen molar-refractivity contribution >= 4 is 0 Å². The van der Waals surface area contributed by atoms with Gasteiger partial charge in [0.2, 0.25) is 0 Å². The Kier molecular flexibility index (Phi) is 22.6. The van der Waals surface area contributed by atoms with Gasteiger partial charge in [-0.05, 0) is 6.10 Å². The van der Waals surface area contributed by atoms with E-state index in [0.29, 0.717) is 0 Å². The molecule has 6 heterocycles. The summed E-state index contributed by atoms with van der Waals surface area (Å²) in [5.41, 5.74) is 0. The molecule has 6 saturated heterocycles. The first-order chi connectivity index (χ1) is 32.2. The van der Waals surface area contributed by atoms with Gasteiger partial charge in [0.05, 0.1) is 45.7 Å². The minimum atomic E-state index is -2.07. The van der Waals surface area contributed by atoms with Crippen LogP contribution in [0.2, 0.25) is 0 Å². The number of ether oxygens (including phenoxy) is 12. The molecule has 30 nitrogen and oxygen atoms in total. The van der Waals surface area contributed by atoms with Gasteiger partial charge >= 0.3 is 0 Å². The molecule has 0 saturated carbocycles. The Morgan fingerprint density at radius 2 is 0.609 bits per heavy atom. The molecule has 6 aliphatic heterocycles. The van der Waals surface area contributed by atoms with Crippen LogP contribution in [0.25, 0.3) is 0 Å². The van der Waals surface area contributed by atoms with Gasteiger partial charge in [-0.2, -0.15) is 0 Å². The predicted octanol–water partition coefficient (Wildman–Crippen LogP) is -12.6. The van der Waals surface area contributed by atoms with Gasteiger partial charge in [0.15, 0.2) is 31.5 Å². The van der Waals surface area contributed by atoms with Crippen LogP contribution in [0.15, 0.2) is 0 Å². The maximum atomic E-state index is 11.2. The van der Waals surface area contributed by atoms with Crippen molar-refractivity contribution in [3.63, 3.8) is 0 Å². The van der Waals surface area contributed by atoms with Crippen LogP contribution >= 0.6 is 0 Å². The largest absolute Gasteiger partial charge is 0.399 e. The van der Waals surface area contributed by atoms with E-state index in [4.69, 9.17) is 56.8 Å². The summed E-state index contributed by atoms with van der Waals surface area (Å²) >= 11 is 0. The number of rotatable bonds is 17.